The van der Waals surface area contributed by atoms with E-state index in [1.807, 2.05) is 49.5 Å². The van der Waals surface area contributed by atoms with Crippen molar-refractivity contribution in [2.45, 2.75) is 19.4 Å². The molecule has 8 heteroatoms. The predicted molar refractivity (Wildman–Crippen MR) is 128 cm³/mol. The van der Waals surface area contributed by atoms with Crippen molar-refractivity contribution in [2.24, 2.45) is 0 Å². The van der Waals surface area contributed by atoms with Crippen LogP contribution < -0.4 is 10.2 Å². The fourth-order valence-corrected chi connectivity index (χ4v) is 3.51. The highest BCUT2D eigenvalue weighted by Crippen LogP contribution is 2.23. The highest BCUT2D eigenvalue weighted by atomic mass is 16.5. The second-order valence-electron chi connectivity index (χ2n) is 7.43. The fourth-order valence-electron chi connectivity index (χ4n) is 3.51. The Labute approximate surface area is 191 Å². The number of rotatable bonds is 9. The number of allylic oxidation sites excluding steroid dienone is 2. The van der Waals surface area contributed by atoms with Gasteiger partial charge in [0.05, 0.1) is 48.5 Å². The van der Waals surface area contributed by atoms with Gasteiger partial charge in [-0.05, 0) is 31.5 Å². The standard InChI is InChI=1S/C25H24N6O2/c1-5-10-21(18(3)4)30-16-20(15-27-30)29-17-23(33-6-2)25(32)24(28-29)22-13-14-26-31(22)19-11-8-7-9-12-19/h5-9,11-17,21H,1-3,10H2,4H3. The average molecular weight is 441 g/mol. The van der Waals surface area contributed by atoms with Crippen LogP contribution in [-0.2, 0) is 0 Å². The van der Waals surface area contributed by atoms with Gasteiger partial charge in [0.15, 0.2) is 11.4 Å². The van der Waals surface area contributed by atoms with E-state index in [4.69, 9.17) is 4.74 Å². The molecule has 0 saturated heterocycles. The van der Waals surface area contributed by atoms with E-state index >= 15 is 0 Å². The van der Waals surface area contributed by atoms with Gasteiger partial charge >= 0.3 is 0 Å². The Morgan fingerprint density at radius 2 is 1.91 bits per heavy atom. The Balaban J connectivity index is 1.85. The SMILES string of the molecule is C=CCC(C(=C)C)n1cc(-n2cc(OC=C)c(=O)c(-c3ccnn3-c3ccccc3)n2)cn1. The van der Waals surface area contributed by atoms with E-state index in [1.54, 1.807) is 32.5 Å². The molecule has 4 aromatic rings. The van der Waals surface area contributed by atoms with E-state index in [2.05, 4.69) is 35.0 Å². The lowest BCUT2D eigenvalue weighted by Crippen LogP contribution is -2.17. The minimum Gasteiger partial charge on any atom is -0.460 e. The summed E-state index contributed by atoms with van der Waals surface area (Å²) in [6.07, 6.45) is 10.4. The molecule has 33 heavy (non-hydrogen) atoms. The number of benzene rings is 1. The van der Waals surface area contributed by atoms with Crippen LogP contribution >= 0.6 is 0 Å². The lowest BCUT2D eigenvalue weighted by atomic mass is 10.1. The van der Waals surface area contributed by atoms with Crippen LogP contribution in [-0.4, -0.2) is 29.3 Å². The molecule has 0 spiro atoms. The Hall–Kier alpha value is -4.46. The molecule has 1 atom stereocenters. The van der Waals surface area contributed by atoms with Gasteiger partial charge in [0, 0.05) is 0 Å². The van der Waals surface area contributed by atoms with Gasteiger partial charge in [-0.15, -0.1) is 6.58 Å². The summed E-state index contributed by atoms with van der Waals surface area (Å²) in [5.74, 6) is 0.0890. The Morgan fingerprint density at radius 1 is 1.12 bits per heavy atom. The van der Waals surface area contributed by atoms with Gasteiger partial charge in [-0.25, -0.2) is 9.36 Å². The maximum atomic E-state index is 13.2. The molecule has 0 radical (unpaired) electrons. The maximum Gasteiger partial charge on any atom is 0.252 e. The number of para-hydroxylation sites is 1. The van der Waals surface area contributed by atoms with Gasteiger partial charge in [0.2, 0.25) is 0 Å². The van der Waals surface area contributed by atoms with Gasteiger partial charge in [-0.1, -0.05) is 43.0 Å². The van der Waals surface area contributed by atoms with Crippen LogP contribution in [0.1, 0.15) is 19.4 Å². The van der Waals surface area contributed by atoms with Gasteiger partial charge in [0.1, 0.15) is 5.69 Å². The monoisotopic (exact) mass is 440 g/mol. The Morgan fingerprint density at radius 3 is 2.61 bits per heavy atom. The summed E-state index contributed by atoms with van der Waals surface area (Å²) >= 11 is 0. The van der Waals surface area contributed by atoms with Crippen LogP contribution in [0.15, 0.2) is 104 Å². The Kier molecular flexibility index (Phi) is 6.17. The van der Waals surface area contributed by atoms with Crippen molar-refractivity contribution in [2.75, 3.05) is 0 Å². The van der Waals surface area contributed by atoms with Crippen LogP contribution in [0.4, 0.5) is 0 Å². The van der Waals surface area contributed by atoms with Gasteiger partial charge < -0.3 is 4.74 Å². The van der Waals surface area contributed by atoms with E-state index < -0.39 is 0 Å². The molecule has 1 unspecified atom stereocenters. The largest absolute Gasteiger partial charge is 0.460 e. The van der Waals surface area contributed by atoms with Gasteiger partial charge in [-0.3, -0.25) is 9.48 Å². The topological polar surface area (TPSA) is 79.8 Å². The molecule has 0 aliphatic rings. The van der Waals surface area contributed by atoms with Crippen molar-refractivity contribution in [3.8, 4) is 28.5 Å². The first-order valence-corrected chi connectivity index (χ1v) is 10.4. The molecule has 3 aromatic heterocycles. The quantitative estimate of drug-likeness (QED) is 0.283. The number of nitrogens with zero attached hydrogens (tertiary/aromatic N) is 6. The molecule has 8 nitrogen and oxygen atoms in total. The van der Waals surface area contributed by atoms with Crippen LogP contribution in [0.2, 0.25) is 0 Å². The first-order valence-electron chi connectivity index (χ1n) is 10.4. The molecule has 0 aliphatic carbocycles. The third-order valence-corrected chi connectivity index (χ3v) is 5.11. The molecule has 0 fully saturated rings. The molecular formula is C25H24N6O2. The molecule has 166 valence electrons. The van der Waals surface area contributed by atoms with Crippen molar-refractivity contribution in [1.82, 2.24) is 29.3 Å². The molecule has 4 rings (SSSR count). The van der Waals surface area contributed by atoms with Crippen molar-refractivity contribution in [3.05, 3.63) is 109 Å². The van der Waals surface area contributed by atoms with E-state index in [0.29, 0.717) is 17.8 Å². The van der Waals surface area contributed by atoms with Gasteiger partial charge in [0.25, 0.3) is 5.43 Å². The van der Waals surface area contributed by atoms with Gasteiger partial charge in [-0.2, -0.15) is 15.3 Å². The summed E-state index contributed by atoms with van der Waals surface area (Å²) in [6, 6.07) is 11.2. The summed E-state index contributed by atoms with van der Waals surface area (Å²) in [7, 11) is 0. The number of hydrogen-bond acceptors (Lipinski definition) is 5. The summed E-state index contributed by atoms with van der Waals surface area (Å²) in [4.78, 5) is 13.2. The van der Waals surface area contributed by atoms with Crippen molar-refractivity contribution in [3.63, 3.8) is 0 Å². The number of hydrogen-bond donors (Lipinski definition) is 0. The zero-order valence-electron chi connectivity index (χ0n) is 18.3. The highest BCUT2D eigenvalue weighted by Gasteiger charge is 2.19. The lowest BCUT2D eigenvalue weighted by molar-refractivity contribution is 0.471. The number of aromatic nitrogens is 6. The second kappa shape index (κ2) is 9.35. The minimum absolute atomic E-state index is 0.0292. The van der Waals surface area contributed by atoms with Crippen LogP contribution in [0.3, 0.4) is 0 Å². The van der Waals surface area contributed by atoms with E-state index in [1.165, 1.54) is 12.5 Å². The highest BCUT2D eigenvalue weighted by molar-refractivity contribution is 5.59. The molecule has 0 bridgehead atoms. The van der Waals surface area contributed by atoms with Crippen LogP contribution in [0.5, 0.6) is 5.75 Å². The zero-order valence-corrected chi connectivity index (χ0v) is 18.3. The summed E-state index contributed by atoms with van der Waals surface area (Å²) < 4.78 is 10.5. The van der Waals surface area contributed by atoms with Crippen LogP contribution in [0, 0.1) is 0 Å². The van der Waals surface area contributed by atoms with Crippen molar-refractivity contribution >= 4 is 0 Å². The first kappa shape index (κ1) is 21.8. The Bertz CT molecular complexity index is 1360. The molecule has 0 saturated carbocycles. The third-order valence-electron chi connectivity index (χ3n) is 5.11. The first-order chi connectivity index (χ1) is 16.0. The van der Waals surface area contributed by atoms with E-state index in [0.717, 1.165) is 11.3 Å². The predicted octanol–water partition coefficient (Wildman–Crippen LogP) is 4.50. The van der Waals surface area contributed by atoms with Crippen molar-refractivity contribution < 1.29 is 4.74 Å². The summed E-state index contributed by atoms with van der Waals surface area (Å²) in [6.45, 7) is 13.4. The molecule has 1 aromatic carbocycles. The smallest absolute Gasteiger partial charge is 0.252 e. The lowest BCUT2D eigenvalue weighted by Gasteiger charge is -2.15. The molecule has 0 amide bonds. The second-order valence-corrected chi connectivity index (χ2v) is 7.43. The minimum atomic E-state index is -0.373. The summed E-state index contributed by atoms with van der Waals surface area (Å²) in [5.41, 5.74) is 2.77. The number of ether oxygens (including phenoxy) is 1. The maximum absolute atomic E-state index is 13.2. The van der Waals surface area contributed by atoms with E-state index in [9.17, 15) is 4.79 Å². The van der Waals surface area contributed by atoms with Crippen molar-refractivity contribution in [1.29, 1.82) is 0 Å². The summed E-state index contributed by atoms with van der Waals surface area (Å²) in [5, 5.41) is 13.5. The molecular weight excluding hydrogens is 416 g/mol. The molecule has 0 aliphatic heterocycles. The van der Waals surface area contributed by atoms with Crippen LogP contribution in [0.25, 0.3) is 22.8 Å². The average Bonchev–Trinajstić information content (AvgIpc) is 3.49. The molecule has 0 N–H and O–H groups in total. The zero-order chi connectivity index (χ0) is 23.4. The molecule has 3 heterocycles. The normalized spacial score (nSPS) is 11.7. The third kappa shape index (κ3) is 4.31. The fraction of sp³-hybridized carbons (Fsp3) is 0.120. The van der Waals surface area contributed by atoms with E-state index in [-0.39, 0.29) is 22.9 Å².